The van der Waals surface area contributed by atoms with Crippen molar-refractivity contribution < 1.29 is 14.3 Å². The van der Waals surface area contributed by atoms with Gasteiger partial charge in [0.05, 0.1) is 6.04 Å². The van der Waals surface area contributed by atoms with E-state index >= 15 is 0 Å². The molecule has 0 aliphatic carbocycles. The molecule has 2 fully saturated rings. The minimum absolute atomic E-state index is 0. The maximum Gasteiger partial charge on any atom is 0.319 e. The van der Waals surface area contributed by atoms with Crippen molar-refractivity contribution in [1.29, 1.82) is 0 Å². The number of nitrogens with two attached hydrogens (primary N) is 1. The minimum atomic E-state index is -0.444. The van der Waals surface area contributed by atoms with Gasteiger partial charge in [-0.2, -0.15) is 0 Å². The van der Waals surface area contributed by atoms with Crippen LogP contribution in [0.1, 0.15) is 31.2 Å². The second-order valence-electron chi connectivity index (χ2n) is 7.97. The van der Waals surface area contributed by atoms with Crippen LogP contribution in [0.15, 0.2) is 24.3 Å². The summed E-state index contributed by atoms with van der Waals surface area (Å²) >= 11 is 0. The third-order valence-corrected chi connectivity index (χ3v) is 5.75. The number of nitrogens with zero attached hydrogens (tertiary/aromatic N) is 1. The first kappa shape index (κ1) is 23.4. The molecule has 3 rings (SSSR count). The van der Waals surface area contributed by atoms with Gasteiger partial charge in [-0.05, 0) is 56.6 Å². The molecule has 2 aliphatic heterocycles. The number of hydrogen-bond donors (Lipinski definition) is 3. The number of likely N-dealkylation sites (tertiary alicyclic amines) is 1. The van der Waals surface area contributed by atoms with Crippen molar-refractivity contribution in [2.75, 3.05) is 38.2 Å². The van der Waals surface area contributed by atoms with Crippen LogP contribution in [0.2, 0.25) is 0 Å². The number of carbonyl (C=O) groups excluding carboxylic acids is 2. The summed E-state index contributed by atoms with van der Waals surface area (Å²) in [5.74, 6) is 0.504. The largest absolute Gasteiger partial charge is 0.381 e. The van der Waals surface area contributed by atoms with Crippen LogP contribution < -0.4 is 16.4 Å². The van der Waals surface area contributed by atoms with Crippen LogP contribution in [0.4, 0.5) is 10.5 Å². The van der Waals surface area contributed by atoms with E-state index in [4.69, 9.17) is 10.5 Å². The highest BCUT2D eigenvalue weighted by Crippen LogP contribution is 2.22. The second kappa shape index (κ2) is 11.4. The maximum atomic E-state index is 12.8. The van der Waals surface area contributed by atoms with E-state index in [1.807, 2.05) is 36.1 Å². The lowest BCUT2D eigenvalue weighted by atomic mass is 9.90. The monoisotopic (exact) mass is 424 g/mol. The molecule has 0 saturated carbocycles. The van der Waals surface area contributed by atoms with Gasteiger partial charge in [0.25, 0.3) is 0 Å². The highest BCUT2D eigenvalue weighted by molar-refractivity contribution is 5.89. The van der Waals surface area contributed by atoms with Gasteiger partial charge < -0.3 is 26.0 Å². The van der Waals surface area contributed by atoms with Crippen LogP contribution in [-0.4, -0.2) is 55.7 Å². The first-order valence-electron chi connectivity index (χ1n) is 10.3. The maximum absolute atomic E-state index is 12.8. The summed E-state index contributed by atoms with van der Waals surface area (Å²) in [6.45, 7) is 5.34. The topological polar surface area (TPSA) is 96.7 Å². The molecule has 0 spiro atoms. The molecule has 3 amide bonds. The highest BCUT2D eigenvalue weighted by atomic mass is 35.5. The summed E-state index contributed by atoms with van der Waals surface area (Å²) in [5.41, 5.74) is 8.18. The Morgan fingerprint density at radius 2 is 1.90 bits per heavy atom. The standard InChI is InChI=1S/C21H32N4O3.ClH/c1-15-4-6-18(7-5-15)24-21(27)23-13-16-3-2-10-25(14-16)20(26)19(22)17-8-11-28-12-9-17;/h4-7,16-17,19H,2-3,8-14,22H2,1H3,(H2,23,24,27);1H. The Labute approximate surface area is 179 Å². The lowest BCUT2D eigenvalue weighted by Gasteiger charge is -2.36. The van der Waals surface area contributed by atoms with Crippen LogP contribution in [0.3, 0.4) is 0 Å². The summed E-state index contributed by atoms with van der Waals surface area (Å²) in [4.78, 5) is 26.8. The zero-order valence-electron chi connectivity index (χ0n) is 17.1. The lowest BCUT2D eigenvalue weighted by molar-refractivity contribution is -0.136. The van der Waals surface area contributed by atoms with Crippen molar-refractivity contribution in [2.45, 2.75) is 38.6 Å². The third-order valence-electron chi connectivity index (χ3n) is 5.75. The number of carbonyl (C=O) groups is 2. The zero-order valence-corrected chi connectivity index (χ0v) is 17.9. The zero-order chi connectivity index (χ0) is 19.9. The summed E-state index contributed by atoms with van der Waals surface area (Å²) in [6.07, 6.45) is 3.65. The Kier molecular flexibility index (Phi) is 9.20. The fraction of sp³-hybridized carbons (Fsp3) is 0.619. The molecule has 2 unspecified atom stereocenters. The minimum Gasteiger partial charge on any atom is -0.381 e. The number of piperidine rings is 1. The van der Waals surface area contributed by atoms with Gasteiger partial charge in [0.2, 0.25) is 5.91 Å². The number of amides is 3. The van der Waals surface area contributed by atoms with E-state index in [2.05, 4.69) is 10.6 Å². The van der Waals surface area contributed by atoms with E-state index in [1.165, 1.54) is 0 Å². The Morgan fingerprint density at radius 3 is 2.59 bits per heavy atom. The number of ether oxygens (including phenoxy) is 1. The van der Waals surface area contributed by atoms with Crippen molar-refractivity contribution >= 4 is 30.0 Å². The first-order valence-corrected chi connectivity index (χ1v) is 10.3. The van der Waals surface area contributed by atoms with Gasteiger partial charge in [-0.15, -0.1) is 12.4 Å². The Morgan fingerprint density at radius 1 is 1.21 bits per heavy atom. The van der Waals surface area contributed by atoms with Gasteiger partial charge in [0.15, 0.2) is 0 Å². The molecular weight excluding hydrogens is 392 g/mol. The van der Waals surface area contributed by atoms with Crippen molar-refractivity contribution in [3.63, 3.8) is 0 Å². The molecule has 29 heavy (non-hydrogen) atoms. The summed E-state index contributed by atoms with van der Waals surface area (Å²) in [6, 6.07) is 7.03. The van der Waals surface area contributed by atoms with Crippen LogP contribution in [-0.2, 0) is 9.53 Å². The third kappa shape index (κ3) is 6.87. The fourth-order valence-corrected chi connectivity index (χ4v) is 3.97. The fourth-order valence-electron chi connectivity index (χ4n) is 3.97. The molecule has 2 heterocycles. The van der Waals surface area contributed by atoms with Crippen LogP contribution >= 0.6 is 12.4 Å². The Hall–Kier alpha value is -1.83. The molecular formula is C21H33ClN4O3. The van der Waals surface area contributed by atoms with Crippen LogP contribution in [0.5, 0.6) is 0 Å². The smallest absolute Gasteiger partial charge is 0.319 e. The normalized spacial score (nSPS) is 21.0. The number of benzene rings is 1. The van der Waals surface area contributed by atoms with E-state index in [0.29, 0.717) is 26.3 Å². The Bertz CT molecular complexity index is 664. The van der Waals surface area contributed by atoms with Crippen LogP contribution in [0.25, 0.3) is 0 Å². The van der Waals surface area contributed by atoms with Gasteiger partial charge >= 0.3 is 6.03 Å². The predicted octanol–water partition coefficient (Wildman–Crippen LogP) is 2.53. The summed E-state index contributed by atoms with van der Waals surface area (Å²) in [5, 5.41) is 5.77. The summed E-state index contributed by atoms with van der Waals surface area (Å²) in [7, 11) is 0. The van der Waals surface area contributed by atoms with Crippen molar-refractivity contribution in [3.05, 3.63) is 29.8 Å². The average molecular weight is 425 g/mol. The molecule has 2 atom stereocenters. The molecule has 1 aromatic rings. The predicted molar refractivity (Wildman–Crippen MR) is 116 cm³/mol. The number of rotatable bonds is 5. The van der Waals surface area contributed by atoms with E-state index in [-0.39, 0.29) is 36.2 Å². The first-order chi connectivity index (χ1) is 13.5. The van der Waals surface area contributed by atoms with Gasteiger partial charge in [-0.3, -0.25) is 4.79 Å². The molecule has 0 radical (unpaired) electrons. The van der Waals surface area contributed by atoms with Crippen LogP contribution in [0, 0.1) is 18.8 Å². The second-order valence-corrected chi connectivity index (χ2v) is 7.97. The van der Waals surface area contributed by atoms with Gasteiger partial charge in [0, 0.05) is 38.5 Å². The van der Waals surface area contributed by atoms with Crippen molar-refractivity contribution in [2.24, 2.45) is 17.6 Å². The molecule has 7 nitrogen and oxygen atoms in total. The summed E-state index contributed by atoms with van der Waals surface area (Å²) < 4.78 is 5.37. The van der Waals surface area contributed by atoms with Gasteiger partial charge in [0.1, 0.15) is 0 Å². The molecule has 4 N–H and O–H groups in total. The van der Waals surface area contributed by atoms with E-state index in [9.17, 15) is 9.59 Å². The molecule has 2 aliphatic rings. The molecule has 0 bridgehead atoms. The van der Waals surface area contributed by atoms with E-state index in [0.717, 1.165) is 43.5 Å². The molecule has 162 valence electrons. The number of urea groups is 1. The molecule has 1 aromatic carbocycles. The highest BCUT2D eigenvalue weighted by Gasteiger charge is 2.32. The van der Waals surface area contributed by atoms with Crippen molar-refractivity contribution in [3.8, 4) is 0 Å². The van der Waals surface area contributed by atoms with E-state index < -0.39 is 6.04 Å². The number of nitrogens with one attached hydrogen (secondary N) is 2. The number of anilines is 1. The number of hydrogen-bond acceptors (Lipinski definition) is 4. The average Bonchev–Trinajstić information content (AvgIpc) is 2.74. The number of aryl methyl sites for hydroxylation is 1. The lowest BCUT2D eigenvalue weighted by Crippen LogP contribution is -2.52. The SMILES string of the molecule is Cc1ccc(NC(=O)NCC2CCCN(C(=O)C(N)C3CCOCC3)C2)cc1.Cl. The van der Waals surface area contributed by atoms with E-state index in [1.54, 1.807) is 0 Å². The quantitative estimate of drug-likeness (QED) is 0.676. The Balaban J connectivity index is 0.00000300. The number of halogens is 1. The van der Waals surface area contributed by atoms with Crippen molar-refractivity contribution in [1.82, 2.24) is 10.2 Å². The van der Waals surface area contributed by atoms with Gasteiger partial charge in [-0.1, -0.05) is 17.7 Å². The molecule has 2 saturated heterocycles. The van der Waals surface area contributed by atoms with Gasteiger partial charge in [-0.25, -0.2) is 4.79 Å². The molecule has 0 aromatic heterocycles. The molecule has 8 heteroatoms.